The highest BCUT2D eigenvalue weighted by Crippen LogP contribution is 2.34. The van der Waals surface area contributed by atoms with Gasteiger partial charge in [0.1, 0.15) is 11.1 Å². The van der Waals surface area contributed by atoms with Gasteiger partial charge in [-0.2, -0.15) is 5.26 Å². The largest absolute Gasteiger partial charge is 0.343 e. The number of para-hydroxylation sites is 1. The molecule has 5 rings (SSSR count). The third kappa shape index (κ3) is 4.88. The van der Waals surface area contributed by atoms with Crippen LogP contribution in [-0.4, -0.2) is 35.0 Å². The van der Waals surface area contributed by atoms with E-state index in [1.54, 1.807) is 0 Å². The predicted molar refractivity (Wildman–Crippen MR) is 143 cm³/mol. The number of benzene rings is 2. The average molecular weight is 483 g/mol. The summed E-state index contributed by atoms with van der Waals surface area (Å²) in [6, 6.07) is 17.6. The Kier molecular flexibility index (Phi) is 6.46. The zero-order valence-corrected chi connectivity index (χ0v) is 21.3. The lowest BCUT2D eigenvalue weighted by Crippen LogP contribution is -2.31. The molecule has 0 bridgehead atoms. The number of rotatable bonds is 6. The quantitative estimate of drug-likeness (QED) is 0.368. The fourth-order valence-corrected chi connectivity index (χ4v) is 6.27. The second-order valence-corrected chi connectivity index (χ2v) is 10.6. The Morgan fingerprint density at radius 1 is 1.17 bits per heavy atom. The minimum Gasteiger partial charge on any atom is -0.343 e. The van der Waals surface area contributed by atoms with Crippen LogP contribution in [0.5, 0.6) is 0 Å². The zero-order chi connectivity index (χ0) is 24.5. The van der Waals surface area contributed by atoms with Crippen molar-refractivity contribution in [3.63, 3.8) is 0 Å². The molecule has 0 spiro atoms. The van der Waals surface area contributed by atoms with Gasteiger partial charge in [0.15, 0.2) is 0 Å². The molecule has 2 aromatic carbocycles. The lowest BCUT2D eigenvalue weighted by Gasteiger charge is -2.15. The minimum atomic E-state index is -0.0544. The average Bonchev–Trinajstić information content (AvgIpc) is 3.51. The highest BCUT2D eigenvalue weighted by molar-refractivity contribution is 7.14. The fourth-order valence-electron chi connectivity index (χ4n) is 5.36. The summed E-state index contributed by atoms with van der Waals surface area (Å²) in [5.41, 5.74) is 8.01. The van der Waals surface area contributed by atoms with Gasteiger partial charge >= 0.3 is 0 Å². The van der Waals surface area contributed by atoms with E-state index in [1.807, 2.05) is 12.3 Å². The molecule has 1 unspecified atom stereocenters. The lowest BCUT2D eigenvalue weighted by atomic mass is 9.98. The second kappa shape index (κ2) is 9.69. The Bertz CT molecular complexity index is 1420. The summed E-state index contributed by atoms with van der Waals surface area (Å²) >= 11 is 1.42. The number of carbonyl (C=O) groups is 1. The van der Waals surface area contributed by atoms with Crippen LogP contribution in [0.3, 0.4) is 0 Å². The van der Waals surface area contributed by atoms with Gasteiger partial charge < -0.3 is 9.88 Å². The first-order valence-corrected chi connectivity index (χ1v) is 12.9. The van der Waals surface area contributed by atoms with Crippen LogP contribution >= 0.6 is 11.3 Å². The number of thiophene rings is 1. The number of hydrogen-bond donors (Lipinski definition) is 1. The molecule has 1 N–H and O–H groups in total. The van der Waals surface area contributed by atoms with Crippen LogP contribution in [0.25, 0.3) is 10.9 Å². The molecule has 0 saturated carbocycles. The van der Waals surface area contributed by atoms with Gasteiger partial charge in [-0.25, -0.2) is 0 Å². The number of hydrogen-bond acceptors (Lipinski definition) is 4. The van der Waals surface area contributed by atoms with Gasteiger partial charge in [0.25, 0.3) is 0 Å². The maximum Gasteiger partial charge on any atom is 0.239 e. The maximum atomic E-state index is 12.7. The van der Waals surface area contributed by atoms with E-state index in [0.717, 1.165) is 31.6 Å². The van der Waals surface area contributed by atoms with E-state index in [9.17, 15) is 10.1 Å². The number of likely N-dealkylation sites (tertiary alicyclic amines) is 1. The van der Waals surface area contributed by atoms with Crippen molar-refractivity contribution in [2.24, 2.45) is 0 Å². The molecule has 0 radical (unpaired) electrons. The van der Waals surface area contributed by atoms with Gasteiger partial charge in [0.05, 0.1) is 12.1 Å². The highest BCUT2D eigenvalue weighted by atomic mass is 32.1. The molecule has 1 aliphatic rings. The van der Waals surface area contributed by atoms with Gasteiger partial charge in [-0.15, -0.1) is 11.3 Å². The topological polar surface area (TPSA) is 61.1 Å². The number of amides is 1. The number of anilines is 1. The molecule has 1 aliphatic heterocycles. The Labute approximate surface area is 210 Å². The van der Waals surface area contributed by atoms with Gasteiger partial charge in [0, 0.05) is 30.2 Å². The summed E-state index contributed by atoms with van der Waals surface area (Å²) in [5, 5.41) is 16.2. The monoisotopic (exact) mass is 482 g/mol. The molecule has 1 atom stereocenters. The highest BCUT2D eigenvalue weighted by Gasteiger charge is 2.28. The lowest BCUT2D eigenvalue weighted by molar-refractivity contribution is -0.117. The number of aromatic nitrogens is 1. The summed E-state index contributed by atoms with van der Waals surface area (Å²) in [6.07, 6.45) is 3.36. The molecule has 0 aliphatic carbocycles. The number of nitrogens with one attached hydrogen (secondary N) is 1. The van der Waals surface area contributed by atoms with E-state index in [1.165, 1.54) is 44.5 Å². The Morgan fingerprint density at radius 3 is 2.71 bits per heavy atom. The van der Waals surface area contributed by atoms with Crippen LogP contribution < -0.4 is 5.32 Å². The van der Waals surface area contributed by atoms with Gasteiger partial charge in [-0.1, -0.05) is 47.5 Å². The van der Waals surface area contributed by atoms with Gasteiger partial charge in [-0.05, 0) is 67.8 Å². The third-order valence-corrected chi connectivity index (χ3v) is 7.89. The van der Waals surface area contributed by atoms with Crippen LogP contribution in [0, 0.1) is 32.1 Å². The summed E-state index contributed by atoms with van der Waals surface area (Å²) < 4.78 is 2.37. The Morgan fingerprint density at radius 2 is 1.94 bits per heavy atom. The summed E-state index contributed by atoms with van der Waals surface area (Å²) in [5.74, 6) is 0.341. The molecule has 6 heteroatoms. The third-order valence-electron chi connectivity index (χ3n) is 6.87. The molecule has 4 aromatic rings. The van der Waals surface area contributed by atoms with Crippen molar-refractivity contribution in [1.82, 2.24) is 9.47 Å². The van der Waals surface area contributed by atoms with E-state index in [4.69, 9.17) is 0 Å². The molecule has 1 fully saturated rings. The number of fused-ring (bicyclic) bond motifs is 1. The molecule has 178 valence electrons. The van der Waals surface area contributed by atoms with E-state index >= 15 is 0 Å². The van der Waals surface area contributed by atoms with E-state index < -0.39 is 0 Å². The molecule has 1 amide bonds. The van der Waals surface area contributed by atoms with Crippen LogP contribution in [0.1, 0.15) is 45.7 Å². The molecule has 35 heavy (non-hydrogen) atoms. The Balaban J connectivity index is 1.31. The standard InChI is InChI=1S/C29H30N4OS/c1-19-10-20(2)12-22(11-19)14-33-16-26(24-6-4-5-7-27(24)33)23-8-9-32(15-23)17-28(34)31-29-25(13-30)21(3)18-35-29/h4-7,10-12,16,18,23H,8-9,14-15,17H2,1-3H3,(H,31,34). The normalized spacial score (nSPS) is 16.0. The van der Waals surface area contributed by atoms with Gasteiger partial charge in [0.2, 0.25) is 5.91 Å². The van der Waals surface area contributed by atoms with E-state index in [2.05, 4.69) is 83.4 Å². The number of carbonyl (C=O) groups excluding carboxylic acids is 1. The van der Waals surface area contributed by atoms with Crippen LogP contribution in [0.15, 0.2) is 54.0 Å². The summed E-state index contributed by atoms with van der Waals surface area (Å²) in [7, 11) is 0. The van der Waals surface area contributed by atoms with E-state index in [-0.39, 0.29) is 5.91 Å². The van der Waals surface area contributed by atoms with Crippen molar-refractivity contribution in [3.05, 3.63) is 87.4 Å². The maximum absolute atomic E-state index is 12.7. The molecular weight excluding hydrogens is 452 g/mol. The number of nitriles is 1. The molecule has 5 nitrogen and oxygen atoms in total. The molecular formula is C29H30N4OS. The SMILES string of the molecule is Cc1cc(C)cc(Cn2cc(C3CCN(CC(=O)Nc4scc(C)c4C#N)C3)c3ccccc32)c1. The first-order valence-electron chi connectivity index (χ1n) is 12.1. The first-order chi connectivity index (χ1) is 16.9. The Hall–Kier alpha value is -3.40. The second-order valence-electron chi connectivity index (χ2n) is 9.73. The van der Waals surface area contributed by atoms with Crippen LogP contribution in [-0.2, 0) is 11.3 Å². The molecule has 2 aromatic heterocycles. The number of nitrogens with zero attached hydrogens (tertiary/aromatic N) is 3. The van der Waals surface area contributed by atoms with Crippen molar-refractivity contribution in [2.45, 2.75) is 39.7 Å². The molecule has 3 heterocycles. The summed E-state index contributed by atoms with van der Waals surface area (Å²) in [4.78, 5) is 14.9. The van der Waals surface area contributed by atoms with Crippen LogP contribution in [0.2, 0.25) is 0 Å². The van der Waals surface area contributed by atoms with E-state index in [0.29, 0.717) is 23.0 Å². The van der Waals surface area contributed by atoms with Gasteiger partial charge in [-0.3, -0.25) is 9.69 Å². The molecule has 1 saturated heterocycles. The van der Waals surface area contributed by atoms with Crippen molar-refractivity contribution < 1.29 is 4.79 Å². The smallest absolute Gasteiger partial charge is 0.239 e. The van der Waals surface area contributed by atoms with Crippen molar-refractivity contribution in [3.8, 4) is 6.07 Å². The number of aryl methyl sites for hydroxylation is 3. The predicted octanol–water partition coefficient (Wildman–Crippen LogP) is 5.98. The van der Waals surface area contributed by atoms with Crippen LogP contribution in [0.4, 0.5) is 5.00 Å². The minimum absolute atomic E-state index is 0.0544. The first kappa shape index (κ1) is 23.3. The summed E-state index contributed by atoms with van der Waals surface area (Å²) in [6.45, 7) is 9.15. The van der Waals surface area contributed by atoms with Crippen molar-refractivity contribution >= 4 is 33.1 Å². The van der Waals surface area contributed by atoms with Crippen molar-refractivity contribution in [2.75, 3.05) is 25.0 Å². The van der Waals surface area contributed by atoms with Crippen molar-refractivity contribution in [1.29, 1.82) is 5.26 Å². The zero-order valence-electron chi connectivity index (χ0n) is 20.5. The fraction of sp³-hybridized carbons (Fsp3) is 0.310.